The summed E-state index contributed by atoms with van der Waals surface area (Å²) >= 11 is 4.83. The number of aromatic nitrogens is 1. The van der Waals surface area contributed by atoms with E-state index in [0.29, 0.717) is 29.7 Å². The summed E-state index contributed by atoms with van der Waals surface area (Å²) in [5.74, 6) is 0.168. The van der Waals surface area contributed by atoms with E-state index in [1.807, 2.05) is 0 Å². The zero-order valence-electron chi connectivity index (χ0n) is 9.68. The van der Waals surface area contributed by atoms with E-state index in [9.17, 15) is 4.79 Å². The Kier molecular flexibility index (Phi) is 3.42. The molecule has 0 aliphatic heterocycles. The van der Waals surface area contributed by atoms with Gasteiger partial charge in [-0.1, -0.05) is 17.4 Å². The van der Waals surface area contributed by atoms with Crippen molar-refractivity contribution >= 4 is 23.1 Å². The van der Waals surface area contributed by atoms with Crippen LogP contribution in [0.3, 0.4) is 0 Å². The molecule has 1 fully saturated rings. The van der Waals surface area contributed by atoms with Gasteiger partial charge in [0.1, 0.15) is 0 Å². The van der Waals surface area contributed by atoms with Crippen LogP contribution in [0.2, 0.25) is 0 Å². The van der Waals surface area contributed by atoms with E-state index in [4.69, 9.17) is 22.5 Å². The van der Waals surface area contributed by atoms with Crippen molar-refractivity contribution in [3.05, 3.63) is 17.5 Å². The lowest BCUT2D eigenvalue weighted by molar-refractivity contribution is 0.0706. The smallest absolute Gasteiger partial charge is 0.292 e. The molecule has 2 rings (SSSR count). The summed E-state index contributed by atoms with van der Waals surface area (Å²) in [6.07, 6.45) is 2.62. The van der Waals surface area contributed by atoms with Gasteiger partial charge in [-0.05, 0) is 19.8 Å². The summed E-state index contributed by atoms with van der Waals surface area (Å²) in [5.41, 5.74) is 6.17. The second-order valence-electron chi connectivity index (χ2n) is 4.28. The van der Waals surface area contributed by atoms with Gasteiger partial charge in [-0.15, -0.1) is 0 Å². The minimum absolute atomic E-state index is 0.121. The lowest BCUT2D eigenvalue weighted by Crippen LogP contribution is -2.35. The third-order valence-electron chi connectivity index (χ3n) is 2.69. The third kappa shape index (κ3) is 3.03. The summed E-state index contributed by atoms with van der Waals surface area (Å²) in [6, 6.07) is 1.96. The number of nitrogens with zero attached hydrogens (tertiary/aromatic N) is 2. The number of carbonyl (C=O) groups excluding carboxylic acids is 1. The Balaban J connectivity index is 2.05. The van der Waals surface area contributed by atoms with Crippen molar-refractivity contribution in [2.24, 2.45) is 5.73 Å². The first-order valence-corrected chi connectivity index (χ1v) is 6.01. The Morgan fingerprint density at radius 1 is 1.71 bits per heavy atom. The summed E-state index contributed by atoms with van der Waals surface area (Å²) in [5, 5.41) is 3.72. The molecule has 0 saturated heterocycles. The number of thiocarbonyl (C=S) groups is 1. The highest BCUT2D eigenvalue weighted by Crippen LogP contribution is 2.28. The van der Waals surface area contributed by atoms with Crippen LogP contribution >= 0.6 is 12.2 Å². The quantitative estimate of drug-likeness (QED) is 0.800. The normalized spacial score (nSPS) is 14.6. The van der Waals surface area contributed by atoms with Crippen LogP contribution in [-0.2, 0) is 0 Å². The fraction of sp³-hybridized carbons (Fsp3) is 0.545. The summed E-state index contributed by atoms with van der Waals surface area (Å²) in [7, 11) is 0. The van der Waals surface area contributed by atoms with E-state index in [2.05, 4.69) is 5.16 Å². The lowest BCUT2D eigenvalue weighted by atomic mass is 10.3. The van der Waals surface area contributed by atoms with Crippen LogP contribution < -0.4 is 5.73 Å². The van der Waals surface area contributed by atoms with Gasteiger partial charge in [0.15, 0.2) is 0 Å². The van der Waals surface area contributed by atoms with E-state index >= 15 is 0 Å². The molecular weight excluding hydrogens is 238 g/mol. The van der Waals surface area contributed by atoms with Crippen molar-refractivity contribution in [3.8, 4) is 0 Å². The fourth-order valence-corrected chi connectivity index (χ4v) is 1.76. The molecule has 1 saturated carbocycles. The summed E-state index contributed by atoms with van der Waals surface area (Å²) < 4.78 is 4.99. The molecule has 1 aliphatic carbocycles. The van der Waals surface area contributed by atoms with E-state index in [0.717, 1.165) is 12.8 Å². The van der Waals surface area contributed by atoms with Crippen molar-refractivity contribution in [2.75, 3.05) is 6.54 Å². The molecule has 0 radical (unpaired) electrons. The molecule has 1 heterocycles. The molecule has 0 unspecified atom stereocenters. The third-order valence-corrected chi connectivity index (χ3v) is 2.89. The predicted molar refractivity (Wildman–Crippen MR) is 66.7 cm³/mol. The van der Waals surface area contributed by atoms with Crippen LogP contribution in [-0.4, -0.2) is 33.5 Å². The highest BCUT2D eigenvalue weighted by Gasteiger charge is 2.34. The zero-order chi connectivity index (χ0) is 12.4. The average Bonchev–Trinajstić information content (AvgIpc) is 3.00. The molecule has 0 bridgehead atoms. The maximum atomic E-state index is 12.2. The summed E-state index contributed by atoms with van der Waals surface area (Å²) in [4.78, 5) is 14.4. The van der Waals surface area contributed by atoms with Gasteiger partial charge in [-0.3, -0.25) is 4.79 Å². The molecule has 1 aromatic heterocycles. The summed E-state index contributed by atoms with van der Waals surface area (Å²) in [6.45, 7) is 2.34. The lowest BCUT2D eigenvalue weighted by Gasteiger charge is -2.20. The number of aryl methyl sites for hydroxylation is 1. The second-order valence-corrected chi connectivity index (χ2v) is 4.80. The van der Waals surface area contributed by atoms with Crippen LogP contribution in [0.5, 0.6) is 0 Å². The minimum atomic E-state index is -0.121. The SMILES string of the molecule is Cc1cc(C(=O)N(CCC(N)=S)C2CC2)on1. The van der Waals surface area contributed by atoms with Gasteiger partial charge in [-0.2, -0.15) is 0 Å². The monoisotopic (exact) mass is 253 g/mol. The van der Waals surface area contributed by atoms with Crippen molar-refractivity contribution in [2.45, 2.75) is 32.2 Å². The highest BCUT2D eigenvalue weighted by atomic mass is 32.1. The molecule has 1 amide bonds. The Labute approximate surface area is 105 Å². The van der Waals surface area contributed by atoms with Crippen LogP contribution in [0.1, 0.15) is 35.5 Å². The molecule has 1 aliphatic rings. The second kappa shape index (κ2) is 4.83. The average molecular weight is 253 g/mol. The number of hydrogen-bond donors (Lipinski definition) is 1. The van der Waals surface area contributed by atoms with Crippen LogP contribution in [0.15, 0.2) is 10.6 Å². The van der Waals surface area contributed by atoms with E-state index in [-0.39, 0.29) is 11.7 Å². The van der Waals surface area contributed by atoms with E-state index in [1.165, 1.54) is 0 Å². The Morgan fingerprint density at radius 2 is 2.41 bits per heavy atom. The van der Waals surface area contributed by atoms with E-state index < -0.39 is 0 Å². The molecule has 0 atom stereocenters. The zero-order valence-corrected chi connectivity index (χ0v) is 10.5. The number of nitrogens with two attached hydrogens (primary N) is 1. The molecule has 17 heavy (non-hydrogen) atoms. The molecule has 5 nitrogen and oxygen atoms in total. The number of amides is 1. The van der Waals surface area contributed by atoms with Gasteiger partial charge < -0.3 is 15.2 Å². The van der Waals surface area contributed by atoms with Gasteiger partial charge in [-0.25, -0.2) is 0 Å². The largest absolute Gasteiger partial charge is 0.393 e. The molecule has 1 aromatic rings. The van der Waals surface area contributed by atoms with Gasteiger partial charge in [0.2, 0.25) is 5.76 Å². The van der Waals surface area contributed by atoms with Gasteiger partial charge >= 0.3 is 0 Å². The van der Waals surface area contributed by atoms with E-state index in [1.54, 1.807) is 17.9 Å². The Morgan fingerprint density at radius 3 is 2.88 bits per heavy atom. The van der Waals surface area contributed by atoms with Gasteiger partial charge in [0.05, 0.1) is 10.7 Å². The fourth-order valence-electron chi connectivity index (χ4n) is 1.67. The maximum absolute atomic E-state index is 12.2. The van der Waals surface area contributed by atoms with Crippen molar-refractivity contribution < 1.29 is 9.32 Å². The molecule has 0 aromatic carbocycles. The van der Waals surface area contributed by atoms with Crippen LogP contribution in [0, 0.1) is 6.92 Å². The first-order chi connectivity index (χ1) is 8.08. The van der Waals surface area contributed by atoms with Gasteiger partial charge in [0.25, 0.3) is 5.91 Å². The van der Waals surface area contributed by atoms with Crippen molar-refractivity contribution in [3.63, 3.8) is 0 Å². The number of rotatable bonds is 5. The van der Waals surface area contributed by atoms with Crippen molar-refractivity contribution in [1.82, 2.24) is 10.1 Å². The molecule has 92 valence electrons. The predicted octanol–water partition coefficient (Wildman–Crippen LogP) is 1.26. The van der Waals surface area contributed by atoms with Crippen LogP contribution in [0.4, 0.5) is 0 Å². The molecule has 2 N–H and O–H groups in total. The maximum Gasteiger partial charge on any atom is 0.292 e. The van der Waals surface area contributed by atoms with Crippen LogP contribution in [0.25, 0.3) is 0 Å². The topological polar surface area (TPSA) is 72.4 Å². The number of hydrogen-bond acceptors (Lipinski definition) is 4. The Bertz CT molecular complexity index is 440. The van der Waals surface area contributed by atoms with Crippen molar-refractivity contribution in [1.29, 1.82) is 0 Å². The Hall–Kier alpha value is -1.43. The number of carbonyl (C=O) groups is 1. The molecule has 0 spiro atoms. The standard InChI is InChI=1S/C11H15N3O2S/c1-7-6-9(16-13-7)11(15)14(8-2-3-8)5-4-10(12)17/h6,8H,2-5H2,1H3,(H2,12,17). The first-order valence-electron chi connectivity index (χ1n) is 5.60. The minimum Gasteiger partial charge on any atom is -0.393 e. The molecular formula is C11H15N3O2S. The molecule has 6 heteroatoms. The van der Waals surface area contributed by atoms with Gasteiger partial charge in [0, 0.05) is 25.1 Å². The first kappa shape index (κ1) is 12.0. The highest BCUT2D eigenvalue weighted by molar-refractivity contribution is 7.80.